The molecule has 0 unspecified atom stereocenters. The van der Waals surface area contributed by atoms with Crippen LogP contribution < -0.4 is 15.4 Å². The normalized spacial score (nSPS) is 11.3. The van der Waals surface area contributed by atoms with Crippen LogP contribution in [0.3, 0.4) is 0 Å². The Morgan fingerprint density at radius 2 is 1.72 bits per heavy atom. The molecule has 2 aromatic carbocycles. The molecule has 0 atom stereocenters. The molecule has 0 saturated heterocycles. The smallest absolute Gasteiger partial charge is 0.308 e. The first-order valence-corrected chi connectivity index (χ1v) is 10.5. The number of rotatable bonds is 4. The number of halogens is 1. The van der Waals surface area contributed by atoms with E-state index in [0.29, 0.717) is 16.9 Å². The number of nitrogens with one attached hydrogen (secondary N) is 3. The fourth-order valence-corrected chi connectivity index (χ4v) is 4.04. The van der Waals surface area contributed by atoms with Gasteiger partial charge in [0, 0.05) is 15.8 Å². The minimum atomic E-state index is -3.38. The van der Waals surface area contributed by atoms with E-state index in [1.54, 1.807) is 30.3 Å². The number of nitrogens with zero attached hydrogens (tertiary/aromatic N) is 1. The van der Waals surface area contributed by atoms with Crippen molar-refractivity contribution in [2.45, 2.75) is 0 Å². The first kappa shape index (κ1) is 17.6. The molecule has 0 bridgehead atoms. The molecule has 1 aromatic heterocycles. The monoisotopic (exact) mass is 440 g/mol. The van der Waals surface area contributed by atoms with Crippen LogP contribution in [0.15, 0.2) is 46.9 Å². The predicted molar refractivity (Wildman–Crippen MR) is 105 cm³/mol. The van der Waals surface area contributed by atoms with Crippen LogP contribution in [0, 0.1) is 0 Å². The number of anilines is 3. The lowest BCUT2D eigenvalue weighted by Crippen LogP contribution is -2.19. The van der Waals surface area contributed by atoms with E-state index in [-0.39, 0.29) is 11.2 Å². The van der Waals surface area contributed by atoms with E-state index in [1.807, 2.05) is 12.1 Å². The van der Waals surface area contributed by atoms with E-state index in [1.165, 1.54) is 11.3 Å². The number of sulfonamides is 1. The van der Waals surface area contributed by atoms with E-state index in [2.05, 4.69) is 36.3 Å². The van der Waals surface area contributed by atoms with Gasteiger partial charge in [0.05, 0.1) is 16.5 Å². The molecule has 0 aliphatic rings. The molecule has 7 nitrogen and oxygen atoms in total. The van der Waals surface area contributed by atoms with Gasteiger partial charge in [0.1, 0.15) is 0 Å². The van der Waals surface area contributed by atoms with Gasteiger partial charge in [-0.1, -0.05) is 27.3 Å². The third-order valence-electron chi connectivity index (χ3n) is 3.02. The van der Waals surface area contributed by atoms with Crippen LogP contribution in [0.25, 0.3) is 10.2 Å². The largest absolute Gasteiger partial charge is 0.323 e. The number of urea groups is 1. The van der Waals surface area contributed by atoms with Gasteiger partial charge in [-0.25, -0.2) is 18.2 Å². The molecule has 0 fully saturated rings. The van der Waals surface area contributed by atoms with Gasteiger partial charge >= 0.3 is 6.03 Å². The van der Waals surface area contributed by atoms with E-state index >= 15 is 0 Å². The number of benzene rings is 2. The highest BCUT2D eigenvalue weighted by Crippen LogP contribution is 2.29. The summed E-state index contributed by atoms with van der Waals surface area (Å²) in [7, 11) is -3.38. The second-order valence-electron chi connectivity index (χ2n) is 5.16. The van der Waals surface area contributed by atoms with Gasteiger partial charge in [0.15, 0.2) is 5.13 Å². The molecule has 0 spiro atoms. The van der Waals surface area contributed by atoms with Gasteiger partial charge in [0.25, 0.3) is 0 Å². The summed E-state index contributed by atoms with van der Waals surface area (Å²) in [4.78, 5) is 16.2. The Hall–Kier alpha value is -2.17. The molecular weight excluding hydrogens is 428 g/mol. The van der Waals surface area contributed by atoms with Crippen molar-refractivity contribution in [2.24, 2.45) is 0 Å². The zero-order valence-corrected chi connectivity index (χ0v) is 16.1. The van der Waals surface area contributed by atoms with Gasteiger partial charge < -0.3 is 10.6 Å². The molecule has 0 aliphatic heterocycles. The van der Waals surface area contributed by atoms with Crippen molar-refractivity contribution in [1.82, 2.24) is 4.98 Å². The first-order valence-electron chi connectivity index (χ1n) is 7.00. The van der Waals surface area contributed by atoms with Crippen molar-refractivity contribution in [3.05, 3.63) is 46.9 Å². The van der Waals surface area contributed by atoms with Crippen molar-refractivity contribution in [1.29, 1.82) is 0 Å². The Morgan fingerprint density at radius 3 is 2.40 bits per heavy atom. The summed E-state index contributed by atoms with van der Waals surface area (Å²) < 4.78 is 26.6. The summed E-state index contributed by atoms with van der Waals surface area (Å²) in [6.07, 6.45) is 1.07. The SMILES string of the molecule is CS(=O)(=O)Nc1nc2ccc(NC(=O)Nc3ccc(Br)cc3)cc2s1. The van der Waals surface area contributed by atoms with Gasteiger partial charge in [-0.3, -0.25) is 4.72 Å². The van der Waals surface area contributed by atoms with Crippen molar-refractivity contribution in [3.8, 4) is 0 Å². The fourth-order valence-electron chi connectivity index (χ4n) is 2.03. The molecule has 0 aliphatic carbocycles. The Bertz CT molecular complexity index is 1030. The average molecular weight is 441 g/mol. The maximum atomic E-state index is 12.1. The highest BCUT2D eigenvalue weighted by molar-refractivity contribution is 9.10. The number of thiazole rings is 1. The molecule has 25 heavy (non-hydrogen) atoms. The van der Waals surface area contributed by atoms with Crippen LogP contribution in [0.2, 0.25) is 0 Å². The summed E-state index contributed by atoms with van der Waals surface area (Å²) in [5.41, 5.74) is 1.89. The standard InChI is InChI=1S/C15H13BrN4O3S2/c1-25(22,23)20-15-19-12-7-6-11(8-13(12)24-15)18-14(21)17-10-4-2-9(16)3-5-10/h2-8H,1H3,(H,19,20)(H2,17,18,21). The molecule has 2 amide bonds. The maximum Gasteiger partial charge on any atom is 0.323 e. The highest BCUT2D eigenvalue weighted by Gasteiger charge is 2.10. The number of carbonyl (C=O) groups excluding carboxylic acids is 1. The zero-order chi connectivity index (χ0) is 18.0. The van der Waals surface area contributed by atoms with E-state index in [4.69, 9.17) is 0 Å². The molecule has 0 radical (unpaired) electrons. The second-order valence-corrected chi connectivity index (χ2v) is 8.86. The summed E-state index contributed by atoms with van der Waals surface area (Å²) in [6.45, 7) is 0. The van der Waals surface area contributed by atoms with E-state index in [0.717, 1.165) is 15.4 Å². The molecule has 130 valence electrons. The van der Waals surface area contributed by atoms with Crippen molar-refractivity contribution in [3.63, 3.8) is 0 Å². The Morgan fingerprint density at radius 1 is 1.08 bits per heavy atom. The Labute approximate surface area is 156 Å². The van der Waals surface area contributed by atoms with Gasteiger partial charge in [-0.05, 0) is 42.5 Å². The van der Waals surface area contributed by atoms with Crippen molar-refractivity contribution < 1.29 is 13.2 Å². The molecular formula is C15H13BrN4O3S2. The summed E-state index contributed by atoms with van der Waals surface area (Å²) in [6, 6.07) is 12.0. The Kier molecular flexibility index (Phi) is 4.93. The molecule has 10 heteroatoms. The highest BCUT2D eigenvalue weighted by atomic mass is 79.9. The van der Waals surface area contributed by atoms with Crippen molar-refractivity contribution in [2.75, 3.05) is 21.6 Å². The topological polar surface area (TPSA) is 100 Å². The quantitative estimate of drug-likeness (QED) is 0.568. The lowest BCUT2D eigenvalue weighted by molar-refractivity contribution is 0.262. The van der Waals surface area contributed by atoms with Gasteiger partial charge in [0.2, 0.25) is 10.0 Å². The van der Waals surface area contributed by atoms with Crippen LogP contribution >= 0.6 is 27.3 Å². The fraction of sp³-hybridized carbons (Fsp3) is 0.0667. The minimum Gasteiger partial charge on any atom is -0.308 e. The molecule has 3 N–H and O–H groups in total. The summed E-state index contributed by atoms with van der Waals surface area (Å²) in [5.74, 6) is 0. The number of hydrogen-bond donors (Lipinski definition) is 3. The lowest BCUT2D eigenvalue weighted by Gasteiger charge is -2.07. The number of fused-ring (bicyclic) bond motifs is 1. The van der Waals surface area contributed by atoms with Crippen LogP contribution in [0.4, 0.5) is 21.3 Å². The number of carbonyl (C=O) groups is 1. The minimum absolute atomic E-state index is 0.286. The molecule has 3 rings (SSSR count). The van der Waals surface area contributed by atoms with Gasteiger partial charge in [-0.2, -0.15) is 0 Å². The van der Waals surface area contributed by atoms with E-state index in [9.17, 15) is 13.2 Å². The first-order chi connectivity index (χ1) is 11.8. The van der Waals surface area contributed by atoms with Crippen molar-refractivity contribution >= 4 is 70.0 Å². The maximum absolute atomic E-state index is 12.1. The lowest BCUT2D eigenvalue weighted by atomic mass is 10.3. The van der Waals surface area contributed by atoms with Crippen LogP contribution in [-0.4, -0.2) is 25.7 Å². The Balaban J connectivity index is 1.72. The third kappa shape index (κ3) is 4.91. The number of hydrogen-bond acceptors (Lipinski definition) is 5. The molecule has 3 aromatic rings. The van der Waals surface area contributed by atoms with Crippen LogP contribution in [0.5, 0.6) is 0 Å². The van der Waals surface area contributed by atoms with Gasteiger partial charge in [-0.15, -0.1) is 0 Å². The average Bonchev–Trinajstić information content (AvgIpc) is 2.88. The summed E-state index contributed by atoms with van der Waals surface area (Å²) in [5, 5.41) is 5.75. The zero-order valence-electron chi connectivity index (χ0n) is 12.9. The van der Waals surface area contributed by atoms with Crippen LogP contribution in [0.1, 0.15) is 0 Å². The number of amides is 2. The molecule has 1 heterocycles. The third-order valence-corrected chi connectivity index (χ3v) is 5.18. The molecule has 0 saturated carbocycles. The van der Waals surface area contributed by atoms with Crippen LogP contribution in [-0.2, 0) is 10.0 Å². The summed E-state index contributed by atoms with van der Waals surface area (Å²) >= 11 is 4.53. The predicted octanol–water partition coefficient (Wildman–Crippen LogP) is 4.07. The van der Waals surface area contributed by atoms with E-state index < -0.39 is 10.0 Å². The number of aromatic nitrogens is 1. The second kappa shape index (κ2) is 6.98.